The van der Waals surface area contributed by atoms with Gasteiger partial charge in [-0.15, -0.1) is 0 Å². The van der Waals surface area contributed by atoms with Crippen molar-refractivity contribution in [2.45, 2.75) is 38.2 Å². The molecule has 1 N–H and O–H groups in total. The topological polar surface area (TPSA) is 63.4 Å². The molecule has 16 heavy (non-hydrogen) atoms. The van der Waals surface area contributed by atoms with Crippen LogP contribution in [0.3, 0.4) is 0 Å². The van der Waals surface area contributed by atoms with E-state index in [2.05, 4.69) is 0 Å². The Kier molecular flexibility index (Phi) is 2.46. The van der Waals surface area contributed by atoms with Crippen LogP contribution >= 0.6 is 0 Å². The van der Waals surface area contributed by atoms with Gasteiger partial charge in [-0.3, -0.25) is 10.1 Å². The average Bonchev–Trinajstić information content (AvgIpc) is 2.97. The monoisotopic (exact) mass is 221 g/mol. The van der Waals surface area contributed by atoms with Crippen molar-refractivity contribution in [2.75, 3.05) is 0 Å². The van der Waals surface area contributed by atoms with Gasteiger partial charge in [0.15, 0.2) is 0 Å². The highest BCUT2D eigenvalue weighted by atomic mass is 16.6. The average molecular weight is 221 g/mol. The lowest BCUT2D eigenvalue weighted by molar-refractivity contribution is -0.386. The fourth-order valence-electron chi connectivity index (χ4n) is 2.25. The van der Waals surface area contributed by atoms with Crippen molar-refractivity contribution in [3.8, 4) is 0 Å². The summed E-state index contributed by atoms with van der Waals surface area (Å²) >= 11 is 0. The van der Waals surface area contributed by atoms with Gasteiger partial charge in [-0.05, 0) is 32.8 Å². The van der Waals surface area contributed by atoms with Crippen molar-refractivity contribution in [3.63, 3.8) is 0 Å². The molecule has 4 nitrogen and oxygen atoms in total. The number of nitro benzene ring substituents is 1. The molecule has 0 saturated heterocycles. The van der Waals surface area contributed by atoms with Crippen LogP contribution in [-0.4, -0.2) is 16.1 Å². The van der Waals surface area contributed by atoms with Crippen LogP contribution in [0.25, 0.3) is 0 Å². The van der Waals surface area contributed by atoms with Crippen molar-refractivity contribution in [1.82, 2.24) is 0 Å². The number of hydrogen-bond acceptors (Lipinski definition) is 3. The minimum absolute atomic E-state index is 0.129. The molecule has 1 fully saturated rings. The molecule has 0 heterocycles. The van der Waals surface area contributed by atoms with Gasteiger partial charge in [0.25, 0.3) is 5.69 Å². The van der Waals surface area contributed by atoms with Crippen molar-refractivity contribution >= 4 is 5.69 Å². The Morgan fingerprint density at radius 2 is 2.12 bits per heavy atom. The van der Waals surface area contributed by atoms with Crippen molar-refractivity contribution in [1.29, 1.82) is 0 Å². The normalized spacial score (nSPS) is 19.2. The molecule has 1 saturated carbocycles. The Bertz CT molecular complexity index is 436. The summed E-state index contributed by atoms with van der Waals surface area (Å²) in [5.74, 6) is 0. The lowest BCUT2D eigenvalue weighted by atomic mass is 9.88. The van der Waals surface area contributed by atoms with Crippen LogP contribution in [0.2, 0.25) is 0 Å². The maximum atomic E-state index is 11.0. The standard InChI is InChI=1S/C12H15NO3/c1-8-3-4-11(13(15)16)10(7-8)12(5-6-12)9(2)14/h3-4,7,9,14H,5-6H2,1-2H3. The number of aliphatic hydroxyl groups is 1. The fourth-order valence-corrected chi connectivity index (χ4v) is 2.25. The van der Waals surface area contributed by atoms with Crippen LogP contribution in [0.4, 0.5) is 5.69 Å². The van der Waals surface area contributed by atoms with Crippen LogP contribution in [0, 0.1) is 17.0 Å². The van der Waals surface area contributed by atoms with Gasteiger partial charge >= 0.3 is 0 Å². The Balaban J connectivity index is 2.54. The second-order valence-electron chi connectivity index (χ2n) is 4.61. The summed E-state index contributed by atoms with van der Waals surface area (Å²) in [5.41, 5.74) is 1.43. The zero-order chi connectivity index (χ0) is 11.9. The summed E-state index contributed by atoms with van der Waals surface area (Å²) in [6.45, 7) is 3.62. The summed E-state index contributed by atoms with van der Waals surface area (Å²) < 4.78 is 0. The first-order valence-electron chi connectivity index (χ1n) is 5.41. The predicted octanol–water partition coefficient (Wildman–Crippen LogP) is 2.32. The predicted molar refractivity (Wildman–Crippen MR) is 60.4 cm³/mol. The Labute approximate surface area is 94.1 Å². The Morgan fingerprint density at radius 3 is 2.56 bits per heavy atom. The largest absolute Gasteiger partial charge is 0.392 e. The lowest BCUT2D eigenvalue weighted by Crippen LogP contribution is -2.23. The summed E-state index contributed by atoms with van der Waals surface area (Å²) in [6, 6.07) is 5.10. The van der Waals surface area contributed by atoms with Crippen LogP contribution in [0.5, 0.6) is 0 Å². The van der Waals surface area contributed by atoms with Gasteiger partial charge in [0.05, 0.1) is 11.0 Å². The van der Waals surface area contributed by atoms with Crippen LogP contribution in [0.1, 0.15) is 30.9 Å². The molecule has 0 spiro atoms. The highest BCUT2D eigenvalue weighted by Crippen LogP contribution is 2.53. The van der Waals surface area contributed by atoms with Gasteiger partial charge in [0.1, 0.15) is 0 Å². The van der Waals surface area contributed by atoms with Gasteiger partial charge in [-0.2, -0.15) is 0 Å². The molecule has 0 bridgehead atoms. The minimum Gasteiger partial charge on any atom is -0.392 e. The SMILES string of the molecule is Cc1ccc([N+](=O)[O-])c(C2(C(C)O)CC2)c1. The summed E-state index contributed by atoms with van der Waals surface area (Å²) in [7, 11) is 0. The molecule has 1 aromatic carbocycles. The lowest BCUT2D eigenvalue weighted by Gasteiger charge is -2.19. The zero-order valence-corrected chi connectivity index (χ0v) is 9.43. The van der Waals surface area contributed by atoms with E-state index in [0.717, 1.165) is 18.4 Å². The van der Waals surface area contributed by atoms with Crippen molar-refractivity contribution < 1.29 is 10.0 Å². The van der Waals surface area contributed by atoms with E-state index in [1.807, 2.05) is 13.0 Å². The number of nitro groups is 1. The molecule has 1 atom stereocenters. The minimum atomic E-state index is -0.534. The molecule has 0 radical (unpaired) electrons. The molecule has 1 aromatic rings. The highest BCUT2D eigenvalue weighted by Gasteiger charge is 2.51. The Morgan fingerprint density at radius 1 is 1.50 bits per heavy atom. The van der Waals surface area contributed by atoms with E-state index in [9.17, 15) is 15.2 Å². The van der Waals surface area contributed by atoms with E-state index >= 15 is 0 Å². The van der Waals surface area contributed by atoms with E-state index in [-0.39, 0.29) is 16.0 Å². The van der Waals surface area contributed by atoms with Gasteiger partial charge < -0.3 is 5.11 Å². The van der Waals surface area contributed by atoms with Gasteiger partial charge in [-0.25, -0.2) is 0 Å². The van der Waals surface area contributed by atoms with E-state index < -0.39 is 6.10 Å². The Hall–Kier alpha value is -1.42. The second kappa shape index (κ2) is 3.56. The smallest absolute Gasteiger partial charge is 0.273 e. The number of benzene rings is 1. The first-order chi connectivity index (χ1) is 7.47. The number of aryl methyl sites for hydroxylation is 1. The van der Waals surface area contributed by atoms with E-state index in [4.69, 9.17) is 0 Å². The number of hydrogen-bond donors (Lipinski definition) is 1. The fraction of sp³-hybridized carbons (Fsp3) is 0.500. The van der Waals surface area contributed by atoms with Crippen molar-refractivity contribution in [2.24, 2.45) is 0 Å². The zero-order valence-electron chi connectivity index (χ0n) is 9.43. The third-order valence-electron chi connectivity index (χ3n) is 3.47. The quantitative estimate of drug-likeness (QED) is 0.629. The van der Waals surface area contributed by atoms with E-state index in [1.165, 1.54) is 6.07 Å². The highest BCUT2D eigenvalue weighted by molar-refractivity contribution is 5.50. The van der Waals surface area contributed by atoms with Crippen LogP contribution in [0.15, 0.2) is 18.2 Å². The van der Waals surface area contributed by atoms with Crippen LogP contribution < -0.4 is 0 Å². The van der Waals surface area contributed by atoms with Gasteiger partial charge in [0, 0.05) is 17.0 Å². The van der Waals surface area contributed by atoms with Crippen LogP contribution in [-0.2, 0) is 5.41 Å². The first kappa shape index (κ1) is 11.1. The van der Waals surface area contributed by atoms with Crippen molar-refractivity contribution in [3.05, 3.63) is 39.4 Å². The maximum absolute atomic E-state index is 11.0. The molecule has 4 heteroatoms. The molecule has 2 rings (SSSR count). The first-order valence-corrected chi connectivity index (χ1v) is 5.41. The molecule has 86 valence electrons. The number of rotatable bonds is 3. The maximum Gasteiger partial charge on any atom is 0.273 e. The molecule has 0 amide bonds. The molecule has 1 aliphatic rings. The third kappa shape index (κ3) is 1.59. The molecule has 1 unspecified atom stereocenters. The molecular weight excluding hydrogens is 206 g/mol. The van der Waals surface area contributed by atoms with Gasteiger partial charge in [0.2, 0.25) is 0 Å². The van der Waals surface area contributed by atoms with Gasteiger partial charge in [-0.1, -0.05) is 11.6 Å². The van der Waals surface area contributed by atoms with E-state index in [0.29, 0.717) is 5.56 Å². The molecular formula is C12H15NO3. The third-order valence-corrected chi connectivity index (χ3v) is 3.47. The molecule has 1 aliphatic carbocycles. The summed E-state index contributed by atoms with van der Waals surface area (Å²) in [4.78, 5) is 10.6. The second-order valence-corrected chi connectivity index (χ2v) is 4.61. The number of aliphatic hydroxyl groups excluding tert-OH is 1. The molecule has 0 aliphatic heterocycles. The molecule has 0 aromatic heterocycles. The van der Waals surface area contributed by atoms with E-state index in [1.54, 1.807) is 13.0 Å². The summed E-state index contributed by atoms with van der Waals surface area (Å²) in [6.07, 6.45) is 1.12. The summed E-state index contributed by atoms with van der Waals surface area (Å²) in [5, 5.41) is 20.7. The number of nitrogens with zero attached hydrogens (tertiary/aromatic N) is 1.